The van der Waals surface area contributed by atoms with Crippen LogP contribution in [0.2, 0.25) is 0 Å². The van der Waals surface area contributed by atoms with E-state index in [4.69, 9.17) is 4.74 Å². The van der Waals surface area contributed by atoms with Crippen LogP contribution in [0, 0.1) is 0 Å². The largest absolute Gasteiger partial charge is 0.496 e. The van der Waals surface area contributed by atoms with Crippen LogP contribution in [0.5, 0.6) is 5.75 Å². The van der Waals surface area contributed by atoms with E-state index in [9.17, 15) is 0 Å². The van der Waals surface area contributed by atoms with E-state index in [1.165, 1.54) is 11.1 Å². The highest BCUT2D eigenvalue weighted by molar-refractivity contribution is 5.79. The van der Waals surface area contributed by atoms with Crippen LogP contribution in [-0.4, -0.2) is 37.7 Å². The zero-order valence-electron chi connectivity index (χ0n) is 14.5. The number of para-hydroxylation sites is 1. The van der Waals surface area contributed by atoms with Crippen LogP contribution in [0.3, 0.4) is 0 Å². The van der Waals surface area contributed by atoms with Crippen molar-refractivity contribution in [1.29, 1.82) is 0 Å². The Labute approximate surface area is 144 Å². The van der Waals surface area contributed by atoms with Gasteiger partial charge < -0.3 is 15.4 Å². The van der Waals surface area contributed by atoms with Crippen molar-refractivity contribution in [2.45, 2.75) is 19.8 Å². The lowest BCUT2D eigenvalue weighted by Crippen LogP contribution is -2.38. The number of pyridine rings is 1. The van der Waals surface area contributed by atoms with Crippen molar-refractivity contribution in [3.05, 3.63) is 59.9 Å². The van der Waals surface area contributed by atoms with Gasteiger partial charge in [0.2, 0.25) is 0 Å². The molecule has 0 aliphatic heterocycles. The first-order valence-corrected chi connectivity index (χ1v) is 8.36. The third-order valence-electron chi connectivity index (χ3n) is 3.62. The Balaban J connectivity index is 1.83. The van der Waals surface area contributed by atoms with E-state index in [0.717, 1.165) is 37.6 Å². The number of nitrogens with zero attached hydrogens (tertiary/aromatic N) is 2. The molecule has 1 aromatic heterocycles. The number of methoxy groups -OCH3 is 1. The minimum atomic E-state index is 0.711. The first-order chi connectivity index (χ1) is 11.8. The average molecular weight is 326 g/mol. The van der Waals surface area contributed by atoms with E-state index >= 15 is 0 Å². The summed E-state index contributed by atoms with van der Waals surface area (Å²) >= 11 is 0. The highest BCUT2D eigenvalue weighted by Gasteiger charge is 2.02. The highest BCUT2D eigenvalue weighted by atomic mass is 16.5. The van der Waals surface area contributed by atoms with Gasteiger partial charge >= 0.3 is 0 Å². The fourth-order valence-corrected chi connectivity index (χ4v) is 2.41. The summed E-state index contributed by atoms with van der Waals surface area (Å²) in [6.07, 6.45) is 5.46. The van der Waals surface area contributed by atoms with Crippen molar-refractivity contribution in [1.82, 2.24) is 15.6 Å². The molecule has 0 amide bonds. The van der Waals surface area contributed by atoms with Crippen molar-refractivity contribution in [2.24, 2.45) is 4.99 Å². The number of aliphatic imine (C=N–C) groups is 1. The smallest absolute Gasteiger partial charge is 0.191 e. The molecule has 0 aliphatic rings. The quantitative estimate of drug-likeness (QED) is 0.578. The molecule has 0 unspecified atom stereocenters. The molecule has 0 atom stereocenters. The second-order valence-electron chi connectivity index (χ2n) is 5.36. The first-order valence-electron chi connectivity index (χ1n) is 8.36. The predicted octanol–water partition coefficient (Wildman–Crippen LogP) is 2.43. The van der Waals surface area contributed by atoms with Gasteiger partial charge in [0.05, 0.1) is 7.11 Å². The van der Waals surface area contributed by atoms with Gasteiger partial charge in [-0.25, -0.2) is 0 Å². The second kappa shape index (κ2) is 10.3. The van der Waals surface area contributed by atoms with Gasteiger partial charge in [-0.2, -0.15) is 0 Å². The number of ether oxygens (including phenoxy) is 1. The molecule has 0 saturated heterocycles. The van der Waals surface area contributed by atoms with Gasteiger partial charge in [-0.1, -0.05) is 24.3 Å². The van der Waals surface area contributed by atoms with Crippen molar-refractivity contribution in [3.63, 3.8) is 0 Å². The Hall–Kier alpha value is -2.56. The molecular formula is C19H26N4O. The lowest BCUT2D eigenvalue weighted by Gasteiger charge is -2.12. The summed E-state index contributed by atoms with van der Waals surface area (Å²) in [4.78, 5) is 8.77. The van der Waals surface area contributed by atoms with E-state index in [-0.39, 0.29) is 0 Å². The molecule has 0 saturated carbocycles. The van der Waals surface area contributed by atoms with E-state index < -0.39 is 0 Å². The van der Waals surface area contributed by atoms with Gasteiger partial charge in [-0.15, -0.1) is 0 Å². The SMILES string of the molecule is CCNC(=NCCc1ccccc1OC)NCCc1cccnc1. The molecule has 1 heterocycles. The van der Waals surface area contributed by atoms with Gasteiger partial charge in [0.15, 0.2) is 5.96 Å². The molecule has 5 nitrogen and oxygen atoms in total. The number of hydrogen-bond acceptors (Lipinski definition) is 3. The van der Waals surface area contributed by atoms with Gasteiger partial charge in [-0.3, -0.25) is 9.98 Å². The van der Waals surface area contributed by atoms with Crippen LogP contribution >= 0.6 is 0 Å². The van der Waals surface area contributed by atoms with Crippen molar-refractivity contribution in [3.8, 4) is 5.75 Å². The Morgan fingerprint density at radius 1 is 1.12 bits per heavy atom. The lowest BCUT2D eigenvalue weighted by molar-refractivity contribution is 0.410. The summed E-state index contributed by atoms with van der Waals surface area (Å²) in [5, 5.41) is 6.64. The minimum Gasteiger partial charge on any atom is -0.496 e. The third kappa shape index (κ3) is 5.91. The standard InChI is InChI=1S/C19H26N4O/c1-3-21-19(22-13-10-16-7-6-12-20-15-16)23-14-11-17-8-4-5-9-18(17)24-2/h4-9,12,15H,3,10-11,13-14H2,1-2H3,(H2,21,22,23). The Morgan fingerprint density at radius 3 is 2.75 bits per heavy atom. The summed E-state index contributed by atoms with van der Waals surface area (Å²) in [5.74, 6) is 1.76. The summed E-state index contributed by atoms with van der Waals surface area (Å²) in [6.45, 7) is 4.45. The van der Waals surface area contributed by atoms with Gasteiger partial charge in [-0.05, 0) is 43.0 Å². The number of benzene rings is 1. The molecule has 0 radical (unpaired) electrons. The molecule has 2 rings (SSSR count). The van der Waals surface area contributed by atoms with Gasteiger partial charge in [0.1, 0.15) is 5.75 Å². The maximum atomic E-state index is 5.38. The van der Waals surface area contributed by atoms with Crippen LogP contribution in [-0.2, 0) is 12.8 Å². The number of guanidine groups is 1. The zero-order chi connectivity index (χ0) is 17.0. The molecule has 0 bridgehead atoms. The Kier molecular flexibility index (Phi) is 7.60. The van der Waals surface area contributed by atoms with E-state index in [1.54, 1.807) is 13.3 Å². The molecule has 1 aromatic carbocycles. The van der Waals surface area contributed by atoms with Gasteiger partial charge in [0.25, 0.3) is 0 Å². The predicted molar refractivity (Wildman–Crippen MR) is 98.6 cm³/mol. The Morgan fingerprint density at radius 2 is 2.00 bits per heavy atom. The van der Waals surface area contributed by atoms with Crippen molar-refractivity contribution >= 4 is 5.96 Å². The van der Waals surface area contributed by atoms with Crippen molar-refractivity contribution < 1.29 is 4.74 Å². The number of aromatic nitrogens is 1. The van der Waals surface area contributed by atoms with E-state index in [1.807, 2.05) is 30.5 Å². The maximum absolute atomic E-state index is 5.38. The number of nitrogens with one attached hydrogen (secondary N) is 2. The molecule has 0 aliphatic carbocycles. The average Bonchev–Trinajstić information content (AvgIpc) is 2.63. The third-order valence-corrected chi connectivity index (χ3v) is 3.62. The number of rotatable bonds is 8. The van der Waals surface area contributed by atoms with Crippen LogP contribution in [0.15, 0.2) is 53.8 Å². The maximum Gasteiger partial charge on any atom is 0.191 e. The van der Waals surface area contributed by atoms with Gasteiger partial charge in [0, 0.05) is 32.0 Å². The fourth-order valence-electron chi connectivity index (χ4n) is 2.41. The topological polar surface area (TPSA) is 58.5 Å². The Bertz CT molecular complexity index is 628. The highest BCUT2D eigenvalue weighted by Crippen LogP contribution is 2.17. The molecule has 2 N–H and O–H groups in total. The second-order valence-corrected chi connectivity index (χ2v) is 5.36. The molecule has 0 spiro atoms. The molecular weight excluding hydrogens is 300 g/mol. The molecule has 24 heavy (non-hydrogen) atoms. The lowest BCUT2D eigenvalue weighted by atomic mass is 10.1. The molecule has 5 heteroatoms. The monoisotopic (exact) mass is 326 g/mol. The molecule has 2 aromatic rings. The van der Waals surface area contributed by atoms with Crippen molar-refractivity contribution in [2.75, 3.05) is 26.7 Å². The summed E-state index contributed by atoms with van der Waals surface area (Å²) < 4.78 is 5.38. The van der Waals surface area contributed by atoms with E-state index in [2.05, 4.69) is 39.7 Å². The zero-order valence-corrected chi connectivity index (χ0v) is 14.5. The number of hydrogen-bond donors (Lipinski definition) is 2. The van der Waals surface area contributed by atoms with Crippen LogP contribution in [0.25, 0.3) is 0 Å². The molecule has 0 fully saturated rings. The van der Waals surface area contributed by atoms with Crippen LogP contribution < -0.4 is 15.4 Å². The first kappa shape index (κ1) is 17.8. The van der Waals surface area contributed by atoms with Crippen LogP contribution in [0.4, 0.5) is 0 Å². The fraction of sp³-hybridized carbons (Fsp3) is 0.368. The van der Waals surface area contributed by atoms with E-state index in [0.29, 0.717) is 6.54 Å². The summed E-state index contributed by atoms with van der Waals surface area (Å²) in [6, 6.07) is 12.1. The summed E-state index contributed by atoms with van der Waals surface area (Å²) in [7, 11) is 1.70. The normalized spacial score (nSPS) is 11.2. The summed E-state index contributed by atoms with van der Waals surface area (Å²) in [5.41, 5.74) is 2.39. The van der Waals surface area contributed by atoms with Crippen LogP contribution in [0.1, 0.15) is 18.1 Å². The molecule has 128 valence electrons. The minimum absolute atomic E-state index is 0.711.